The van der Waals surface area contributed by atoms with E-state index in [1.165, 1.54) is 0 Å². The standard InChI is InChI=1S/C10H12F2O/c1-2-3-10(13)7-4-8(11)6-9(12)5-7/h4-6,10,13H,2-3H2,1H3. The SMILES string of the molecule is CCCC(O)c1cc(F)cc(F)c1. The third-order valence-electron chi connectivity index (χ3n) is 1.83. The van der Waals surface area contributed by atoms with Gasteiger partial charge in [-0.1, -0.05) is 13.3 Å². The van der Waals surface area contributed by atoms with Gasteiger partial charge in [0.1, 0.15) is 11.6 Å². The van der Waals surface area contributed by atoms with Gasteiger partial charge in [-0.3, -0.25) is 0 Å². The van der Waals surface area contributed by atoms with Crippen LogP contribution in [0.15, 0.2) is 18.2 Å². The summed E-state index contributed by atoms with van der Waals surface area (Å²) in [5, 5.41) is 9.44. The Labute approximate surface area is 76.0 Å². The fourth-order valence-electron chi connectivity index (χ4n) is 1.21. The number of aliphatic hydroxyl groups is 1. The van der Waals surface area contributed by atoms with Crippen LogP contribution in [0.1, 0.15) is 31.4 Å². The van der Waals surface area contributed by atoms with Crippen molar-refractivity contribution in [1.29, 1.82) is 0 Å². The lowest BCUT2D eigenvalue weighted by Gasteiger charge is -2.09. The van der Waals surface area contributed by atoms with Gasteiger partial charge in [-0.05, 0) is 24.1 Å². The fraction of sp³-hybridized carbons (Fsp3) is 0.400. The Balaban J connectivity index is 2.87. The van der Waals surface area contributed by atoms with Crippen molar-refractivity contribution in [2.45, 2.75) is 25.9 Å². The molecule has 1 N–H and O–H groups in total. The first kappa shape index (κ1) is 10.1. The summed E-state index contributed by atoms with van der Waals surface area (Å²) in [4.78, 5) is 0. The molecule has 3 heteroatoms. The molecule has 0 spiro atoms. The van der Waals surface area contributed by atoms with Gasteiger partial charge in [-0.25, -0.2) is 8.78 Å². The van der Waals surface area contributed by atoms with Crippen LogP contribution in [0.4, 0.5) is 8.78 Å². The Kier molecular flexibility index (Phi) is 3.37. The summed E-state index contributed by atoms with van der Waals surface area (Å²) in [6.45, 7) is 1.90. The van der Waals surface area contributed by atoms with Gasteiger partial charge in [0, 0.05) is 6.07 Å². The van der Waals surface area contributed by atoms with Gasteiger partial charge in [0.25, 0.3) is 0 Å². The molecule has 1 aromatic rings. The zero-order valence-corrected chi connectivity index (χ0v) is 7.43. The second-order valence-electron chi connectivity index (χ2n) is 3.01. The van der Waals surface area contributed by atoms with Crippen molar-refractivity contribution in [2.24, 2.45) is 0 Å². The van der Waals surface area contributed by atoms with Gasteiger partial charge in [0.2, 0.25) is 0 Å². The van der Waals surface area contributed by atoms with E-state index in [1.54, 1.807) is 0 Å². The first-order valence-corrected chi connectivity index (χ1v) is 4.27. The molecule has 0 saturated carbocycles. The zero-order valence-electron chi connectivity index (χ0n) is 7.43. The average Bonchev–Trinajstić information content (AvgIpc) is 2.03. The minimum atomic E-state index is -0.768. The summed E-state index contributed by atoms with van der Waals surface area (Å²) >= 11 is 0. The zero-order chi connectivity index (χ0) is 9.84. The maximum atomic E-state index is 12.7. The molecule has 13 heavy (non-hydrogen) atoms. The van der Waals surface area contributed by atoms with Crippen molar-refractivity contribution in [1.82, 2.24) is 0 Å². The predicted octanol–water partition coefficient (Wildman–Crippen LogP) is 2.80. The molecule has 0 aliphatic rings. The Bertz CT molecular complexity index is 266. The second-order valence-corrected chi connectivity index (χ2v) is 3.01. The van der Waals surface area contributed by atoms with Crippen LogP contribution >= 0.6 is 0 Å². The number of aliphatic hydroxyl groups excluding tert-OH is 1. The number of rotatable bonds is 3. The average molecular weight is 186 g/mol. The number of halogens is 2. The largest absolute Gasteiger partial charge is 0.388 e. The molecular formula is C10H12F2O. The molecule has 0 saturated heterocycles. The highest BCUT2D eigenvalue weighted by molar-refractivity contribution is 5.19. The third-order valence-corrected chi connectivity index (χ3v) is 1.83. The van der Waals surface area contributed by atoms with Gasteiger partial charge < -0.3 is 5.11 Å². The third kappa shape index (κ3) is 2.77. The quantitative estimate of drug-likeness (QED) is 0.769. The monoisotopic (exact) mass is 186 g/mol. The lowest BCUT2D eigenvalue weighted by molar-refractivity contribution is 0.165. The molecule has 1 aromatic carbocycles. The molecule has 1 atom stereocenters. The first-order valence-electron chi connectivity index (χ1n) is 4.27. The second kappa shape index (κ2) is 4.33. The molecule has 0 radical (unpaired) electrons. The summed E-state index contributed by atoms with van der Waals surface area (Å²) < 4.78 is 25.4. The number of hydrogen-bond acceptors (Lipinski definition) is 1. The van der Waals surface area contributed by atoms with E-state index >= 15 is 0 Å². The van der Waals surface area contributed by atoms with E-state index in [0.29, 0.717) is 12.0 Å². The molecule has 0 amide bonds. The van der Waals surface area contributed by atoms with Gasteiger partial charge in [0.15, 0.2) is 0 Å². The highest BCUT2D eigenvalue weighted by Crippen LogP contribution is 2.19. The van der Waals surface area contributed by atoms with E-state index in [2.05, 4.69) is 0 Å². The maximum absolute atomic E-state index is 12.7. The Morgan fingerprint density at radius 1 is 1.23 bits per heavy atom. The van der Waals surface area contributed by atoms with Crippen molar-refractivity contribution in [2.75, 3.05) is 0 Å². The molecule has 0 fully saturated rings. The van der Waals surface area contributed by atoms with E-state index in [-0.39, 0.29) is 0 Å². The van der Waals surface area contributed by atoms with Crippen molar-refractivity contribution < 1.29 is 13.9 Å². The fourth-order valence-corrected chi connectivity index (χ4v) is 1.21. The lowest BCUT2D eigenvalue weighted by atomic mass is 10.1. The van der Waals surface area contributed by atoms with Crippen molar-refractivity contribution in [3.05, 3.63) is 35.4 Å². The molecule has 0 heterocycles. The topological polar surface area (TPSA) is 20.2 Å². The van der Waals surface area contributed by atoms with Crippen LogP contribution in [0, 0.1) is 11.6 Å². The summed E-state index contributed by atoms with van der Waals surface area (Å²) in [7, 11) is 0. The Morgan fingerprint density at radius 3 is 2.23 bits per heavy atom. The van der Waals surface area contributed by atoms with E-state index in [0.717, 1.165) is 24.6 Å². The van der Waals surface area contributed by atoms with Crippen molar-refractivity contribution >= 4 is 0 Å². The van der Waals surface area contributed by atoms with Crippen LogP contribution in [0.25, 0.3) is 0 Å². The molecule has 1 nitrogen and oxygen atoms in total. The number of benzene rings is 1. The molecule has 0 aliphatic carbocycles. The molecular weight excluding hydrogens is 174 g/mol. The molecule has 0 bridgehead atoms. The molecule has 0 aliphatic heterocycles. The maximum Gasteiger partial charge on any atom is 0.126 e. The summed E-state index contributed by atoms with van der Waals surface area (Å²) in [5.41, 5.74) is 0.305. The first-order chi connectivity index (χ1) is 6.13. The van der Waals surface area contributed by atoms with Crippen LogP contribution in [-0.4, -0.2) is 5.11 Å². The highest BCUT2D eigenvalue weighted by Gasteiger charge is 2.08. The summed E-state index contributed by atoms with van der Waals surface area (Å²) in [5.74, 6) is -1.30. The van der Waals surface area contributed by atoms with E-state index in [9.17, 15) is 13.9 Å². The van der Waals surface area contributed by atoms with E-state index < -0.39 is 17.7 Å². The normalized spacial score (nSPS) is 12.9. The number of hydrogen-bond donors (Lipinski definition) is 1. The Hall–Kier alpha value is -0.960. The lowest BCUT2D eigenvalue weighted by Crippen LogP contribution is -1.98. The molecule has 0 aromatic heterocycles. The molecule has 72 valence electrons. The predicted molar refractivity (Wildman–Crippen MR) is 46.2 cm³/mol. The van der Waals surface area contributed by atoms with Gasteiger partial charge in [0.05, 0.1) is 6.10 Å². The van der Waals surface area contributed by atoms with E-state index in [1.807, 2.05) is 6.92 Å². The van der Waals surface area contributed by atoms with Crippen molar-refractivity contribution in [3.8, 4) is 0 Å². The van der Waals surface area contributed by atoms with Gasteiger partial charge in [-0.15, -0.1) is 0 Å². The van der Waals surface area contributed by atoms with Gasteiger partial charge in [-0.2, -0.15) is 0 Å². The molecule has 1 rings (SSSR count). The smallest absolute Gasteiger partial charge is 0.126 e. The van der Waals surface area contributed by atoms with Crippen LogP contribution in [0.2, 0.25) is 0 Å². The molecule has 1 unspecified atom stereocenters. The Morgan fingerprint density at radius 2 is 1.77 bits per heavy atom. The van der Waals surface area contributed by atoms with Crippen LogP contribution in [0.5, 0.6) is 0 Å². The summed E-state index contributed by atoms with van der Waals surface area (Å²) in [6.07, 6.45) is 0.526. The summed E-state index contributed by atoms with van der Waals surface area (Å²) in [6, 6.07) is 3.11. The van der Waals surface area contributed by atoms with E-state index in [4.69, 9.17) is 0 Å². The highest BCUT2D eigenvalue weighted by atomic mass is 19.1. The van der Waals surface area contributed by atoms with Crippen LogP contribution < -0.4 is 0 Å². The van der Waals surface area contributed by atoms with Crippen LogP contribution in [0.3, 0.4) is 0 Å². The van der Waals surface area contributed by atoms with Crippen molar-refractivity contribution in [3.63, 3.8) is 0 Å². The van der Waals surface area contributed by atoms with Gasteiger partial charge >= 0.3 is 0 Å². The minimum Gasteiger partial charge on any atom is -0.388 e. The minimum absolute atomic E-state index is 0.305. The van der Waals surface area contributed by atoms with Crippen LogP contribution in [-0.2, 0) is 0 Å².